The summed E-state index contributed by atoms with van der Waals surface area (Å²) in [6.07, 6.45) is 1.74. The monoisotopic (exact) mass is 400 g/mol. The summed E-state index contributed by atoms with van der Waals surface area (Å²) in [6, 6.07) is 5.09. The molecule has 0 aliphatic heterocycles. The smallest absolute Gasteiger partial charge is 0.274 e. The van der Waals surface area contributed by atoms with E-state index in [0.29, 0.717) is 17.1 Å². The second kappa shape index (κ2) is 9.17. The Morgan fingerprint density at radius 1 is 1.27 bits per heavy atom. The number of rotatable bonds is 10. The summed E-state index contributed by atoms with van der Waals surface area (Å²) in [7, 11) is -3.69. The summed E-state index contributed by atoms with van der Waals surface area (Å²) in [5, 5.41) is 0.591. The summed E-state index contributed by atoms with van der Waals surface area (Å²) in [6.45, 7) is 11.6. The van der Waals surface area contributed by atoms with Gasteiger partial charge in [-0.2, -0.15) is 0 Å². The number of hydrogen-bond donors (Lipinski definition) is 1. The van der Waals surface area contributed by atoms with Crippen molar-refractivity contribution in [1.29, 1.82) is 0 Å². The van der Waals surface area contributed by atoms with Crippen LogP contribution in [-0.4, -0.2) is 48.5 Å². The second-order valence-electron chi connectivity index (χ2n) is 6.46. The molecule has 146 valence electrons. The van der Waals surface area contributed by atoms with Gasteiger partial charge in [-0.05, 0) is 64.5 Å². The third-order valence-electron chi connectivity index (χ3n) is 4.59. The fourth-order valence-electron chi connectivity index (χ4n) is 3.13. The molecule has 8 heteroatoms. The van der Waals surface area contributed by atoms with Crippen LogP contribution >= 0.6 is 11.6 Å². The van der Waals surface area contributed by atoms with Gasteiger partial charge in [0, 0.05) is 17.6 Å². The lowest BCUT2D eigenvalue weighted by Gasteiger charge is -2.19. The lowest BCUT2D eigenvalue weighted by atomic mass is 10.2. The van der Waals surface area contributed by atoms with E-state index >= 15 is 0 Å². The standard InChI is InChI=1S/C18H29ClN4O2S/c1-5-22(6-2)12-8-9-14(4)21-26(24,25)18-20-16-13-15(19)10-11-17(16)23(18)7-3/h10-11,13-14,21H,5-9,12H2,1-4H3. The Morgan fingerprint density at radius 3 is 2.58 bits per heavy atom. The molecule has 1 N–H and O–H groups in total. The molecule has 0 spiro atoms. The lowest BCUT2D eigenvalue weighted by molar-refractivity contribution is 0.293. The average Bonchev–Trinajstić information content (AvgIpc) is 2.96. The van der Waals surface area contributed by atoms with Gasteiger partial charge in [-0.15, -0.1) is 0 Å². The fraction of sp³-hybridized carbons (Fsp3) is 0.611. The Hall–Kier alpha value is -1.15. The molecule has 26 heavy (non-hydrogen) atoms. The topological polar surface area (TPSA) is 67.2 Å². The Bertz CT molecular complexity index is 831. The molecule has 0 fully saturated rings. The van der Waals surface area contributed by atoms with Gasteiger partial charge in [0.15, 0.2) is 0 Å². The summed E-state index contributed by atoms with van der Waals surface area (Å²) in [4.78, 5) is 6.66. The molecule has 2 aromatic rings. The zero-order valence-electron chi connectivity index (χ0n) is 16.0. The van der Waals surface area contributed by atoms with Gasteiger partial charge >= 0.3 is 0 Å². The molecule has 2 rings (SSSR count). The van der Waals surface area contributed by atoms with Crippen LogP contribution in [0.3, 0.4) is 0 Å². The second-order valence-corrected chi connectivity index (χ2v) is 8.51. The van der Waals surface area contributed by atoms with Gasteiger partial charge < -0.3 is 9.47 Å². The van der Waals surface area contributed by atoms with Crippen LogP contribution in [0.5, 0.6) is 0 Å². The number of benzene rings is 1. The molecule has 0 aliphatic rings. The first-order valence-electron chi connectivity index (χ1n) is 9.22. The molecule has 1 aromatic heterocycles. The average molecular weight is 401 g/mol. The highest BCUT2D eigenvalue weighted by molar-refractivity contribution is 7.89. The summed E-state index contributed by atoms with van der Waals surface area (Å²) in [5.41, 5.74) is 1.36. The van der Waals surface area contributed by atoms with Crippen molar-refractivity contribution in [3.05, 3.63) is 23.2 Å². The quantitative estimate of drug-likeness (QED) is 0.662. The lowest BCUT2D eigenvalue weighted by Crippen LogP contribution is -2.35. The molecular weight excluding hydrogens is 372 g/mol. The molecule has 0 bridgehead atoms. The fourth-order valence-corrected chi connectivity index (χ4v) is 4.78. The zero-order chi connectivity index (χ0) is 19.3. The van der Waals surface area contributed by atoms with Gasteiger partial charge in [0.05, 0.1) is 11.0 Å². The third-order valence-corrected chi connectivity index (χ3v) is 6.33. The Balaban J connectivity index is 2.13. The Morgan fingerprint density at radius 2 is 1.96 bits per heavy atom. The first-order valence-corrected chi connectivity index (χ1v) is 11.1. The molecule has 1 atom stereocenters. The zero-order valence-corrected chi connectivity index (χ0v) is 17.6. The van der Waals surface area contributed by atoms with Crippen molar-refractivity contribution in [2.75, 3.05) is 19.6 Å². The highest BCUT2D eigenvalue weighted by Gasteiger charge is 2.25. The minimum Gasteiger partial charge on any atom is -0.314 e. The SMILES string of the molecule is CCN(CC)CCCC(C)NS(=O)(=O)c1nc2cc(Cl)ccc2n1CC. The van der Waals surface area contributed by atoms with E-state index in [1.54, 1.807) is 22.8 Å². The van der Waals surface area contributed by atoms with Gasteiger partial charge in [0.1, 0.15) is 0 Å². The van der Waals surface area contributed by atoms with E-state index in [9.17, 15) is 8.42 Å². The minimum atomic E-state index is -3.69. The van der Waals surface area contributed by atoms with Gasteiger partial charge in [-0.3, -0.25) is 0 Å². The molecule has 1 unspecified atom stereocenters. The van der Waals surface area contributed by atoms with Crippen LogP contribution in [0.1, 0.15) is 40.5 Å². The maximum absolute atomic E-state index is 12.8. The maximum atomic E-state index is 12.8. The van der Waals surface area contributed by atoms with Crippen molar-refractivity contribution in [2.45, 2.75) is 58.3 Å². The highest BCUT2D eigenvalue weighted by atomic mass is 35.5. The first kappa shape index (κ1) is 21.2. The Kier molecular flexibility index (Phi) is 7.46. The van der Waals surface area contributed by atoms with Crippen LogP contribution in [0.2, 0.25) is 5.02 Å². The van der Waals surface area contributed by atoms with E-state index in [1.165, 1.54) is 0 Å². The van der Waals surface area contributed by atoms with Gasteiger partial charge in [-0.25, -0.2) is 18.1 Å². The number of nitrogens with zero attached hydrogens (tertiary/aromatic N) is 3. The number of aryl methyl sites for hydroxylation is 1. The van der Waals surface area contributed by atoms with Gasteiger partial charge in [-0.1, -0.05) is 25.4 Å². The van der Waals surface area contributed by atoms with E-state index in [1.807, 2.05) is 13.8 Å². The van der Waals surface area contributed by atoms with E-state index in [-0.39, 0.29) is 11.2 Å². The molecule has 0 amide bonds. The van der Waals surface area contributed by atoms with Crippen molar-refractivity contribution < 1.29 is 8.42 Å². The number of fused-ring (bicyclic) bond motifs is 1. The van der Waals surface area contributed by atoms with E-state index < -0.39 is 10.0 Å². The summed E-state index contributed by atoms with van der Waals surface area (Å²) in [5.74, 6) is 0. The van der Waals surface area contributed by atoms with Crippen molar-refractivity contribution in [3.8, 4) is 0 Å². The largest absolute Gasteiger partial charge is 0.314 e. The molecule has 0 aliphatic carbocycles. The van der Waals surface area contributed by atoms with Crippen molar-refractivity contribution in [1.82, 2.24) is 19.2 Å². The van der Waals surface area contributed by atoms with Crippen LogP contribution in [0.15, 0.2) is 23.4 Å². The van der Waals surface area contributed by atoms with Crippen molar-refractivity contribution in [3.63, 3.8) is 0 Å². The minimum absolute atomic E-state index is 0.0489. The maximum Gasteiger partial charge on any atom is 0.274 e. The third kappa shape index (κ3) is 4.97. The number of halogens is 1. The predicted molar refractivity (Wildman–Crippen MR) is 107 cm³/mol. The van der Waals surface area contributed by atoms with E-state index in [2.05, 4.69) is 28.5 Å². The number of hydrogen-bond acceptors (Lipinski definition) is 4. The van der Waals surface area contributed by atoms with E-state index in [4.69, 9.17) is 11.6 Å². The molecule has 0 saturated carbocycles. The van der Waals surface area contributed by atoms with Crippen LogP contribution in [-0.2, 0) is 16.6 Å². The molecular formula is C18H29ClN4O2S. The number of imidazole rings is 1. The number of nitrogens with one attached hydrogen (secondary N) is 1. The van der Waals surface area contributed by atoms with E-state index in [0.717, 1.165) is 38.0 Å². The molecule has 1 aromatic carbocycles. The van der Waals surface area contributed by atoms with Crippen molar-refractivity contribution in [2.24, 2.45) is 0 Å². The number of sulfonamides is 1. The van der Waals surface area contributed by atoms with Crippen LogP contribution in [0, 0.1) is 0 Å². The van der Waals surface area contributed by atoms with Gasteiger partial charge in [0.2, 0.25) is 5.16 Å². The summed E-state index contributed by atoms with van der Waals surface area (Å²) >= 11 is 6.01. The van der Waals surface area contributed by atoms with Gasteiger partial charge in [0.25, 0.3) is 10.0 Å². The van der Waals surface area contributed by atoms with Crippen LogP contribution < -0.4 is 4.72 Å². The Labute approximate surface area is 161 Å². The molecule has 1 heterocycles. The number of aromatic nitrogens is 2. The molecule has 0 radical (unpaired) electrons. The molecule has 6 nitrogen and oxygen atoms in total. The molecule has 0 saturated heterocycles. The highest BCUT2D eigenvalue weighted by Crippen LogP contribution is 2.23. The summed E-state index contributed by atoms with van der Waals surface area (Å²) < 4.78 is 30.2. The van der Waals surface area contributed by atoms with Crippen molar-refractivity contribution >= 4 is 32.7 Å². The predicted octanol–water partition coefficient (Wildman–Crippen LogP) is 3.50. The normalized spacial score (nSPS) is 13.6. The van der Waals surface area contributed by atoms with Crippen LogP contribution in [0.4, 0.5) is 0 Å². The first-order chi connectivity index (χ1) is 12.3. The van der Waals surface area contributed by atoms with Crippen LogP contribution in [0.25, 0.3) is 11.0 Å².